The molecule has 12 heavy (non-hydrogen) atoms. The fourth-order valence-electron chi connectivity index (χ4n) is 1.26. The molecule has 0 bridgehead atoms. The third-order valence-electron chi connectivity index (χ3n) is 2.04. The van der Waals surface area contributed by atoms with Crippen molar-refractivity contribution in [3.05, 3.63) is 6.92 Å². The summed E-state index contributed by atoms with van der Waals surface area (Å²) in [5.74, 6) is 2.35. The minimum atomic E-state index is 1.04. The van der Waals surface area contributed by atoms with Crippen LogP contribution in [-0.2, 0) is 0 Å². The van der Waals surface area contributed by atoms with Crippen LogP contribution < -0.4 is 0 Å². The van der Waals surface area contributed by atoms with E-state index in [1.807, 2.05) is 11.8 Å². The summed E-state index contributed by atoms with van der Waals surface area (Å²) in [4.78, 5) is 0. The lowest BCUT2D eigenvalue weighted by Crippen LogP contribution is -1.83. The van der Waals surface area contributed by atoms with E-state index < -0.39 is 0 Å². The Kier molecular flexibility index (Phi) is 11.7. The van der Waals surface area contributed by atoms with Gasteiger partial charge in [-0.15, -0.1) is 0 Å². The fourth-order valence-corrected chi connectivity index (χ4v) is 1.88. The molecule has 0 nitrogen and oxygen atoms in total. The first-order valence-corrected chi connectivity index (χ1v) is 6.44. The zero-order valence-corrected chi connectivity index (χ0v) is 9.30. The van der Waals surface area contributed by atoms with E-state index in [2.05, 4.69) is 13.8 Å². The highest BCUT2D eigenvalue weighted by atomic mass is 32.2. The SMILES string of the molecule is [CH2]CSCCCCCCCCC. The summed E-state index contributed by atoms with van der Waals surface area (Å²) >= 11 is 1.97. The third kappa shape index (κ3) is 10.3. The van der Waals surface area contributed by atoms with Crippen LogP contribution >= 0.6 is 11.8 Å². The van der Waals surface area contributed by atoms with E-state index in [4.69, 9.17) is 0 Å². The van der Waals surface area contributed by atoms with Crippen LogP contribution in [0.3, 0.4) is 0 Å². The number of hydrogen-bond acceptors (Lipinski definition) is 1. The topological polar surface area (TPSA) is 0 Å². The summed E-state index contributed by atoms with van der Waals surface area (Å²) in [7, 11) is 0. The summed E-state index contributed by atoms with van der Waals surface area (Å²) in [6.45, 7) is 6.08. The molecule has 1 radical (unpaired) electrons. The van der Waals surface area contributed by atoms with Crippen molar-refractivity contribution in [2.45, 2.75) is 51.9 Å². The highest BCUT2D eigenvalue weighted by Crippen LogP contribution is 2.09. The molecule has 0 unspecified atom stereocenters. The molecule has 0 fully saturated rings. The fraction of sp³-hybridized carbons (Fsp3) is 0.909. The second kappa shape index (κ2) is 11.4. The molecule has 0 atom stereocenters. The van der Waals surface area contributed by atoms with E-state index >= 15 is 0 Å². The molecule has 0 rings (SSSR count). The molecule has 0 saturated heterocycles. The number of rotatable bonds is 9. The van der Waals surface area contributed by atoms with Gasteiger partial charge in [0.25, 0.3) is 0 Å². The summed E-state index contributed by atoms with van der Waals surface area (Å²) in [5.41, 5.74) is 0. The monoisotopic (exact) mass is 187 g/mol. The van der Waals surface area contributed by atoms with Gasteiger partial charge in [-0.2, -0.15) is 11.8 Å². The largest absolute Gasteiger partial charge is 0.162 e. The molecule has 0 amide bonds. The molecule has 0 aromatic rings. The van der Waals surface area contributed by atoms with Crippen molar-refractivity contribution >= 4 is 11.8 Å². The van der Waals surface area contributed by atoms with Gasteiger partial charge in [0.05, 0.1) is 0 Å². The number of hydrogen-bond donors (Lipinski definition) is 0. The van der Waals surface area contributed by atoms with Gasteiger partial charge in [-0.1, -0.05) is 45.4 Å². The Morgan fingerprint density at radius 2 is 1.50 bits per heavy atom. The molecule has 0 aliphatic heterocycles. The van der Waals surface area contributed by atoms with E-state index in [-0.39, 0.29) is 0 Å². The Morgan fingerprint density at radius 3 is 2.08 bits per heavy atom. The van der Waals surface area contributed by atoms with Gasteiger partial charge in [-0.25, -0.2) is 0 Å². The van der Waals surface area contributed by atoms with Crippen LogP contribution in [0, 0.1) is 6.92 Å². The van der Waals surface area contributed by atoms with Crippen molar-refractivity contribution in [3.8, 4) is 0 Å². The highest BCUT2D eigenvalue weighted by Gasteiger charge is 1.90. The van der Waals surface area contributed by atoms with E-state index in [9.17, 15) is 0 Å². The van der Waals surface area contributed by atoms with Gasteiger partial charge in [-0.3, -0.25) is 0 Å². The molecule has 73 valence electrons. The molecule has 0 aromatic heterocycles. The Bertz CT molecular complexity index is 61.4. The maximum absolute atomic E-state index is 3.81. The smallest absolute Gasteiger partial charge is 0.00672 e. The molecule has 0 spiro atoms. The van der Waals surface area contributed by atoms with Gasteiger partial charge in [-0.05, 0) is 24.9 Å². The summed E-state index contributed by atoms with van der Waals surface area (Å²) in [6.07, 6.45) is 9.94. The predicted molar refractivity (Wildman–Crippen MR) is 60.7 cm³/mol. The maximum atomic E-state index is 3.81. The summed E-state index contributed by atoms with van der Waals surface area (Å²) in [6, 6.07) is 0. The Balaban J connectivity index is 2.73. The van der Waals surface area contributed by atoms with Gasteiger partial charge in [0.1, 0.15) is 0 Å². The lowest BCUT2D eigenvalue weighted by Gasteiger charge is -1.99. The zero-order valence-electron chi connectivity index (χ0n) is 8.48. The van der Waals surface area contributed by atoms with E-state index in [0.717, 1.165) is 5.75 Å². The first-order valence-electron chi connectivity index (χ1n) is 5.28. The lowest BCUT2D eigenvalue weighted by atomic mass is 10.1. The summed E-state index contributed by atoms with van der Waals surface area (Å²) < 4.78 is 0. The van der Waals surface area contributed by atoms with Gasteiger partial charge >= 0.3 is 0 Å². The average Bonchev–Trinajstić information content (AvgIpc) is 2.10. The van der Waals surface area contributed by atoms with Crippen molar-refractivity contribution in [2.24, 2.45) is 0 Å². The normalized spacial score (nSPS) is 10.5. The average molecular weight is 187 g/mol. The Hall–Kier alpha value is 0.350. The van der Waals surface area contributed by atoms with Gasteiger partial charge in [0.15, 0.2) is 0 Å². The molecule has 0 aliphatic rings. The quantitative estimate of drug-likeness (QED) is 0.485. The van der Waals surface area contributed by atoms with Crippen LogP contribution in [0.1, 0.15) is 51.9 Å². The van der Waals surface area contributed by atoms with E-state index in [1.54, 1.807) is 0 Å². The summed E-state index contributed by atoms with van der Waals surface area (Å²) in [5, 5.41) is 0. The minimum Gasteiger partial charge on any atom is -0.162 e. The van der Waals surface area contributed by atoms with Crippen molar-refractivity contribution < 1.29 is 0 Å². The Morgan fingerprint density at radius 1 is 0.917 bits per heavy atom. The lowest BCUT2D eigenvalue weighted by molar-refractivity contribution is 0.603. The molecule has 1 heteroatoms. The Labute approximate surface area is 82.5 Å². The van der Waals surface area contributed by atoms with Crippen LogP contribution in [0.15, 0.2) is 0 Å². The molecular weight excluding hydrogens is 164 g/mol. The van der Waals surface area contributed by atoms with Crippen molar-refractivity contribution in [2.75, 3.05) is 11.5 Å². The van der Waals surface area contributed by atoms with Crippen molar-refractivity contribution in [3.63, 3.8) is 0 Å². The van der Waals surface area contributed by atoms with Gasteiger partial charge in [0, 0.05) is 0 Å². The van der Waals surface area contributed by atoms with Crippen LogP contribution in [0.2, 0.25) is 0 Å². The van der Waals surface area contributed by atoms with Crippen molar-refractivity contribution in [1.29, 1.82) is 0 Å². The molecular formula is C11H23S. The highest BCUT2D eigenvalue weighted by molar-refractivity contribution is 7.99. The van der Waals surface area contributed by atoms with Crippen LogP contribution in [0.4, 0.5) is 0 Å². The molecule has 0 heterocycles. The van der Waals surface area contributed by atoms with Crippen LogP contribution in [-0.4, -0.2) is 11.5 Å². The number of unbranched alkanes of at least 4 members (excludes halogenated alkanes) is 6. The molecule has 0 aliphatic carbocycles. The van der Waals surface area contributed by atoms with E-state index in [0.29, 0.717) is 0 Å². The van der Waals surface area contributed by atoms with Gasteiger partial charge in [0.2, 0.25) is 0 Å². The predicted octanol–water partition coefficient (Wildman–Crippen LogP) is 4.30. The number of thioether (sulfide) groups is 1. The van der Waals surface area contributed by atoms with Crippen LogP contribution in [0.25, 0.3) is 0 Å². The second-order valence-electron chi connectivity index (χ2n) is 3.23. The zero-order chi connectivity index (χ0) is 9.07. The van der Waals surface area contributed by atoms with Crippen molar-refractivity contribution in [1.82, 2.24) is 0 Å². The minimum absolute atomic E-state index is 1.04. The van der Waals surface area contributed by atoms with Crippen LogP contribution in [0.5, 0.6) is 0 Å². The first kappa shape index (κ1) is 12.3. The molecule has 0 aromatic carbocycles. The first-order chi connectivity index (χ1) is 5.91. The van der Waals surface area contributed by atoms with Gasteiger partial charge < -0.3 is 0 Å². The molecule has 0 N–H and O–H groups in total. The second-order valence-corrected chi connectivity index (χ2v) is 4.46. The maximum Gasteiger partial charge on any atom is -0.00672 e. The third-order valence-corrected chi connectivity index (χ3v) is 2.90. The van der Waals surface area contributed by atoms with E-state index in [1.165, 1.54) is 50.7 Å². The standard InChI is InChI=1S/C11H23S/c1-3-5-6-7-8-9-10-11-12-4-2/h2-11H2,1H3. The molecule has 0 saturated carbocycles.